The van der Waals surface area contributed by atoms with Gasteiger partial charge < -0.3 is 15.3 Å². The Bertz CT molecular complexity index is 1130. The van der Waals surface area contributed by atoms with Crippen LogP contribution in [0.15, 0.2) is 48.5 Å². The molecule has 0 aliphatic heterocycles. The van der Waals surface area contributed by atoms with Crippen molar-refractivity contribution >= 4 is 11.8 Å². The minimum Gasteiger partial charge on any atom is -0.395 e. The molecule has 11 heteroatoms. The lowest BCUT2D eigenvalue weighted by Crippen LogP contribution is -2.50. The first-order valence-corrected chi connectivity index (χ1v) is 10.6. The standard InChI is InChI=1S/C23H26F2N6O3/c1-23(2,3)26-22(34)20(15-4-8-17(24)9-5-15)30(12-13-32)19(33)14-31-28-21(27-29-31)16-6-10-18(25)11-7-16/h4-11,20,32H,12-14H2,1-3H3,(H,26,34)/t20-/m0/s1. The third kappa shape index (κ3) is 6.41. The van der Waals surface area contributed by atoms with Gasteiger partial charge >= 0.3 is 0 Å². The summed E-state index contributed by atoms with van der Waals surface area (Å²) in [7, 11) is 0. The van der Waals surface area contributed by atoms with Crippen molar-refractivity contribution in [3.8, 4) is 11.4 Å². The van der Waals surface area contributed by atoms with E-state index in [1.807, 2.05) is 0 Å². The number of hydrogen-bond acceptors (Lipinski definition) is 6. The second kappa shape index (κ2) is 10.5. The Balaban J connectivity index is 1.88. The van der Waals surface area contributed by atoms with Crippen LogP contribution in [0.5, 0.6) is 0 Å². The Morgan fingerprint density at radius 2 is 1.65 bits per heavy atom. The zero-order chi connectivity index (χ0) is 24.9. The molecule has 1 atom stereocenters. The molecule has 0 saturated heterocycles. The Labute approximate surface area is 195 Å². The average molecular weight is 472 g/mol. The maximum atomic E-state index is 13.5. The normalized spacial score (nSPS) is 12.3. The average Bonchev–Trinajstić information content (AvgIpc) is 3.22. The number of aromatic nitrogens is 4. The van der Waals surface area contributed by atoms with E-state index >= 15 is 0 Å². The number of aliphatic hydroxyl groups excluding tert-OH is 1. The molecule has 34 heavy (non-hydrogen) atoms. The summed E-state index contributed by atoms with van der Waals surface area (Å²) >= 11 is 0. The van der Waals surface area contributed by atoms with Gasteiger partial charge in [0.05, 0.1) is 6.61 Å². The van der Waals surface area contributed by atoms with Crippen LogP contribution in [0.2, 0.25) is 0 Å². The number of nitrogens with zero attached hydrogens (tertiary/aromatic N) is 5. The second-order valence-electron chi connectivity index (χ2n) is 8.65. The minimum atomic E-state index is -1.13. The molecule has 9 nitrogen and oxygen atoms in total. The lowest BCUT2D eigenvalue weighted by Gasteiger charge is -2.33. The van der Waals surface area contributed by atoms with Gasteiger partial charge in [-0.3, -0.25) is 9.59 Å². The van der Waals surface area contributed by atoms with Crippen molar-refractivity contribution < 1.29 is 23.5 Å². The summed E-state index contributed by atoms with van der Waals surface area (Å²) in [5, 5.41) is 24.4. The summed E-state index contributed by atoms with van der Waals surface area (Å²) in [6.07, 6.45) is 0. The molecule has 3 rings (SSSR count). The van der Waals surface area contributed by atoms with Crippen molar-refractivity contribution in [2.45, 2.75) is 38.9 Å². The van der Waals surface area contributed by atoms with Crippen LogP contribution in [0.1, 0.15) is 32.4 Å². The van der Waals surface area contributed by atoms with E-state index in [1.54, 1.807) is 20.8 Å². The lowest BCUT2D eigenvalue weighted by molar-refractivity contribution is -0.142. The highest BCUT2D eigenvalue weighted by atomic mass is 19.1. The van der Waals surface area contributed by atoms with Crippen molar-refractivity contribution in [1.29, 1.82) is 0 Å². The molecule has 2 aromatic carbocycles. The van der Waals surface area contributed by atoms with E-state index in [9.17, 15) is 23.5 Å². The van der Waals surface area contributed by atoms with Gasteiger partial charge in [-0.05, 0) is 67.9 Å². The first kappa shape index (κ1) is 24.9. The molecule has 0 aliphatic rings. The van der Waals surface area contributed by atoms with Crippen LogP contribution in [0.3, 0.4) is 0 Å². The van der Waals surface area contributed by atoms with Gasteiger partial charge in [0.1, 0.15) is 24.2 Å². The number of nitrogens with one attached hydrogen (secondary N) is 1. The highest BCUT2D eigenvalue weighted by molar-refractivity contribution is 5.89. The Morgan fingerprint density at radius 3 is 2.21 bits per heavy atom. The Hall–Kier alpha value is -3.73. The molecule has 1 aromatic heterocycles. The van der Waals surface area contributed by atoms with Crippen LogP contribution < -0.4 is 5.32 Å². The van der Waals surface area contributed by atoms with Crippen LogP contribution in [-0.2, 0) is 16.1 Å². The van der Waals surface area contributed by atoms with E-state index in [-0.39, 0.29) is 18.9 Å². The van der Waals surface area contributed by atoms with Gasteiger partial charge in [-0.1, -0.05) is 12.1 Å². The summed E-state index contributed by atoms with van der Waals surface area (Å²) in [6.45, 7) is 4.45. The van der Waals surface area contributed by atoms with Crippen molar-refractivity contribution in [2.24, 2.45) is 0 Å². The molecule has 0 spiro atoms. The molecule has 1 heterocycles. The van der Waals surface area contributed by atoms with E-state index in [2.05, 4.69) is 20.7 Å². The molecule has 0 bridgehead atoms. The van der Waals surface area contributed by atoms with Gasteiger partial charge in [-0.2, -0.15) is 4.80 Å². The first-order valence-electron chi connectivity index (χ1n) is 10.6. The zero-order valence-corrected chi connectivity index (χ0v) is 19.1. The van der Waals surface area contributed by atoms with Crippen molar-refractivity contribution in [3.63, 3.8) is 0 Å². The number of benzene rings is 2. The largest absolute Gasteiger partial charge is 0.395 e. The quantitative estimate of drug-likeness (QED) is 0.519. The molecule has 180 valence electrons. The SMILES string of the molecule is CC(C)(C)NC(=O)[C@H](c1ccc(F)cc1)N(CCO)C(=O)Cn1nnc(-c2ccc(F)cc2)n1. The van der Waals surface area contributed by atoms with Crippen molar-refractivity contribution in [2.75, 3.05) is 13.2 Å². The molecule has 0 unspecified atom stereocenters. The number of aliphatic hydroxyl groups is 1. The van der Waals surface area contributed by atoms with Gasteiger partial charge in [0.2, 0.25) is 17.6 Å². The summed E-state index contributed by atoms with van der Waals surface area (Å²) < 4.78 is 26.7. The van der Waals surface area contributed by atoms with E-state index < -0.39 is 41.6 Å². The van der Waals surface area contributed by atoms with Crippen LogP contribution in [0.4, 0.5) is 8.78 Å². The molecule has 0 saturated carbocycles. The number of tetrazole rings is 1. The predicted molar refractivity (Wildman–Crippen MR) is 119 cm³/mol. The molecule has 3 aromatic rings. The van der Waals surface area contributed by atoms with E-state index in [0.29, 0.717) is 11.1 Å². The molecule has 0 radical (unpaired) electrons. The Morgan fingerprint density at radius 1 is 1.06 bits per heavy atom. The number of rotatable bonds is 8. The highest BCUT2D eigenvalue weighted by Gasteiger charge is 2.33. The van der Waals surface area contributed by atoms with Gasteiger partial charge in [0.25, 0.3) is 0 Å². The molecule has 0 aliphatic carbocycles. The van der Waals surface area contributed by atoms with Crippen LogP contribution >= 0.6 is 0 Å². The summed E-state index contributed by atoms with van der Waals surface area (Å²) in [5.41, 5.74) is 0.297. The fourth-order valence-electron chi connectivity index (χ4n) is 3.30. The van der Waals surface area contributed by atoms with E-state index in [0.717, 1.165) is 4.80 Å². The summed E-state index contributed by atoms with van der Waals surface area (Å²) in [6, 6.07) is 9.58. The monoisotopic (exact) mass is 472 g/mol. The lowest BCUT2D eigenvalue weighted by atomic mass is 10.0. The number of halogens is 2. The molecular formula is C23H26F2N6O3. The fraction of sp³-hybridized carbons (Fsp3) is 0.348. The van der Waals surface area contributed by atoms with Gasteiger partial charge in [0.15, 0.2) is 0 Å². The van der Waals surface area contributed by atoms with Crippen LogP contribution in [0, 0.1) is 11.6 Å². The Kier molecular flexibility index (Phi) is 7.67. The van der Waals surface area contributed by atoms with Crippen LogP contribution in [0.25, 0.3) is 11.4 Å². The predicted octanol–water partition coefficient (Wildman–Crippen LogP) is 2.10. The maximum Gasteiger partial charge on any atom is 0.247 e. The third-order valence-corrected chi connectivity index (χ3v) is 4.74. The topological polar surface area (TPSA) is 113 Å². The molecule has 2 N–H and O–H groups in total. The summed E-state index contributed by atoms with van der Waals surface area (Å²) in [5.74, 6) is -1.75. The van der Waals surface area contributed by atoms with Gasteiger partial charge in [0, 0.05) is 17.6 Å². The summed E-state index contributed by atoms with van der Waals surface area (Å²) in [4.78, 5) is 28.6. The number of carbonyl (C=O) groups is 2. The second-order valence-corrected chi connectivity index (χ2v) is 8.65. The molecular weight excluding hydrogens is 446 g/mol. The number of carbonyl (C=O) groups excluding carboxylic acids is 2. The van der Waals surface area contributed by atoms with Crippen molar-refractivity contribution in [1.82, 2.24) is 30.4 Å². The molecule has 2 amide bonds. The highest BCUT2D eigenvalue weighted by Crippen LogP contribution is 2.23. The smallest absolute Gasteiger partial charge is 0.247 e. The number of hydrogen-bond donors (Lipinski definition) is 2. The van der Waals surface area contributed by atoms with E-state index in [4.69, 9.17) is 0 Å². The van der Waals surface area contributed by atoms with E-state index in [1.165, 1.54) is 53.4 Å². The zero-order valence-electron chi connectivity index (χ0n) is 19.1. The first-order chi connectivity index (χ1) is 16.1. The van der Waals surface area contributed by atoms with Gasteiger partial charge in [-0.25, -0.2) is 8.78 Å². The minimum absolute atomic E-state index is 0.155. The number of amides is 2. The third-order valence-electron chi connectivity index (χ3n) is 4.74. The van der Waals surface area contributed by atoms with Gasteiger partial charge in [-0.15, -0.1) is 10.2 Å². The fourth-order valence-corrected chi connectivity index (χ4v) is 3.30. The molecule has 0 fully saturated rings. The van der Waals surface area contributed by atoms with Crippen LogP contribution in [-0.4, -0.2) is 60.7 Å². The maximum absolute atomic E-state index is 13.5. The van der Waals surface area contributed by atoms with Crippen molar-refractivity contribution in [3.05, 3.63) is 65.7 Å².